The molecule has 0 atom stereocenters. The highest BCUT2D eigenvalue weighted by molar-refractivity contribution is 5.96. The van der Waals surface area contributed by atoms with Gasteiger partial charge in [0.1, 0.15) is 17.1 Å². The zero-order valence-electron chi connectivity index (χ0n) is 11.6. The van der Waals surface area contributed by atoms with E-state index < -0.39 is 5.97 Å². The van der Waals surface area contributed by atoms with Crippen molar-refractivity contribution in [3.8, 4) is 0 Å². The van der Waals surface area contributed by atoms with Gasteiger partial charge in [-0.2, -0.15) is 0 Å². The second-order valence-electron chi connectivity index (χ2n) is 5.10. The lowest BCUT2D eigenvalue weighted by Crippen LogP contribution is -2.34. The molecule has 0 saturated carbocycles. The minimum Gasteiger partial charge on any atom is -0.478 e. The van der Waals surface area contributed by atoms with Crippen molar-refractivity contribution in [2.75, 3.05) is 4.90 Å². The highest BCUT2D eigenvalue weighted by atomic mass is 16.4. The quantitative estimate of drug-likeness (QED) is 0.941. The number of carbonyl (C=O) groups is 2. The van der Waals surface area contributed by atoms with E-state index in [0.717, 1.165) is 17.7 Å². The van der Waals surface area contributed by atoms with Crippen LogP contribution in [0.5, 0.6) is 0 Å². The molecule has 1 aliphatic heterocycles. The normalized spacial score (nSPS) is 14.1. The van der Waals surface area contributed by atoms with E-state index in [1.165, 1.54) is 6.07 Å². The largest absolute Gasteiger partial charge is 0.478 e. The van der Waals surface area contributed by atoms with E-state index in [4.69, 9.17) is 9.52 Å². The fraction of sp³-hybridized carbons (Fsp3) is 0.250. The average molecular weight is 285 g/mol. The molecule has 5 nitrogen and oxygen atoms in total. The summed E-state index contributed by atoms with van der Waals surface area (Å²) in [5.41, 5.74) is 2.14. The first-order valence-electron chi connectivity index (χ1n) is 6.77. The molecule has 1 amide bonds. The third kappa shape index (κ3) is 2.42. The molecule has 1 aliphatic rings. The average Bonchev–Trinajstić information content (AvgIpc) is 2.83. The van der Waals surface area contributed by atoms with Crippen LogP contribution < -0.4 is 4.90 Å². The maximum atomic E-state index is 12.2. The molecule has 3 rings (SSSR count). The monoisotopic (exact) mass is 285 g/mol. The number of amides is 1. The van der Waals surface area contributed by atoms with Crippen molar-refractivity contribution in [1.82, 2.24) is 0 Å². The first-order valence-corrected chi connectivity index (χ1v) is 6.77. The Morgan fingerprint density at radius 3 is 2.81 bits per heavy atom. The summed E-state index contributed by atoms with van der Waals surface area (Å²) in [6, 6.07) is 9.24. The number of fused-ring (bicyclic) bond motifs is 1. The molecule has 2 aromatic rings. The molecule has 2 heterocycles. The Labute approximate surface area is 121 Å². The molecular weight excluding hydrogens is 270 g/mol. The molecule has 108 valence electrons. The SMILES string of the molecule is Cc1oc(CN2C(=O)CCc3ccccc32)cc1C(=O)O. The second-order valence-corrected chi connectivity index (χ2v) is 5.10. The number of carbonyl (C=O) groups excluding carboxylic acids is 1. The van der Waals surface area contributed by atoms with Gasteiger partial charge >= 0.3 is 5.97 Å². The van der Waals surface area contributed by atoms with Crippen LogP contribution in [0.4, 0.5) is 5.69 Å². The standard InChI is InChI=1S/C16H15NO4/c1-10-13(16(19)20)8-12(21-10)9-17-14-5-3-2-4-11(14)6-7-15(17)18/h2-5,8H,6-7,9H2,1H3,(H,19,20). The van der Waals surface area contributed by atoms with Crippen LogP contribution in [-0.4, -0.2) is 17.0 Å². The second kappa shape index (κ2) is 5.09. The lowest BCUT2D eigenvalue weighted by Gasteiger charge is -2.28. The number of para-hydroxylation sites is 1. The predicted octanol–water partition coefficient (Wildman–Crippen LogP) is 2.77. The summed E-state index contributed by atoms with van der Waals surface area (Å²) in [6.07, 6.45) is 1.20. The summed E-state index contributed by atoms with van der Waals surface area (Å²) in [6.45, 7) is 1.86. The summed E-state index contributed by atoms with van der Waals surface area (Å²) in [5.74, 6) is -0.155. The summed E-state index contributed by atoms with van der Waals surface area (Å²) in [4.78, 5) is 24.9. The van der Waals surface area contributed by atoms with Crippen molar-refractivity contribution in [2.24, 2.45) is 0 Å². The number of carboxylic acid groups (broad SMARTS) is 1. The minimum absolute atomic E-state index is 0.0274. The molecule has 0 unspecified atom stereocenters. The zero-order valence-corrected chi connectivity index (χ0v) is 11.6. The van der Waals surface area contributed by atoms with Crippen molar-refractivity contribution in [3.05, 3.63) is 53.0 Å². The number of rotatable bonds is 3. The van der Waals surface area contributed by atoms with Crippen LogP contribution in [-0.2, 0) is 17.8 Å². The van der Waals surface area contributed by atoms with E-state index in [9.17, 15) is 9.59 Å². The van der Waals surface area contributed by atoms with Crippen molar-refractivity contribution < 1.29 is 19.1 Å². The maximum Gasteiger partial charge on any atom is 0.339 e. The lowest BCUT2D eigenvalue weighted by atomic mass is 10.0. The Kier molecular flexibility index (Phi) is 3.25. The molecule has 0 radical (unpaired) electrons. The van der Waals surface area contributed by atoms with Gasteiger partial charge in [0.05, 0.1) is 6.54 Å². The summed E-state index contributed by atoms with van der Waals surface area (Å²) in [7, 11) is 0. The van der Waals surface area contributed by atoms with Crippen LogP contribution in [0.1, 0.15) is 33.9 Å². The van der Waals surface area contributed by atoms with Crippen molar-refractivity contribution >= 4 is 17.6 Å². The molecule has 1 N–H and O–H groups in total. The topological polar surface area (TPSA) is 70.8 Å². The van der Waals surface area contributed by atoms with Gasteiger partial charge in [-0.3, -0.25) is 4.79 Å². The Hall–Kier alpha value is -2.56. The zero-order chi connectivity index (χ0) is 15.0. The number of hydrogen-bond donors (Lipinski definition) is 1. The highest BCUT2D eigenvalue weighted by Crippen LogP contribution is 2.29. The predicted molar refractivity (Wildman–Crippen MR) is 76.4 cm³/mol. The van der Waals surface area contributed by atoms with Gasteiger partial charge in [0.15, 0.2) is 0 Å². The van der Waals surface area contributed by atoms with Gasteiger partial charge in [0.2, 0.25) is 5.91 Å². The minimum atomic E-state index is -1.02. The van der Waals surface area contributed by atoms with Gasteiger partial charge in [0, 0.05) is 12.1 Å². The van der Waals surface area contributed by atoms with Crippen molar-refractivity contribution in [1.29, 1.82) is 0 Å². The molecule has 0 spiro atoms. The summed E-state index contributed by atoms with van der Waals surface area (Å²) in [5, 5.41) is 9.05. The Balaban J connectivity index is 1.92. The number of hydrogen-bond acceptors (Lipinski definition) is 3. The van der Waals surface area contributed by atoms with E-state index in [2.05, 4.69) is 0 Å². The molecule has 0 fully saturated rings. The molecule has 1 aromatic carbocycles. The number of carboxylic acids is 1. The van der Waals surface area contributed by atoms with Crippen molar-refractivity contribution in [3.63, 3.8) is 0 Å². The Morgan fingerprint density at radius 1 is 1.33 bits per heavy atom. The molecule has 0 saturated heterocycles. The molecule has 0 bridgehead atoms. The number of nitrogens with zero attached hydrogens (tertiary/aromatic N) is 1. The third-order valence-electron chi connectivity index (χ3n) is 3.70. The van der Waals surface area contributed by atoms with E-state index in [0.29, 0.717) is 17.9 Å². The van der Waals surface area contributed by atoms with E-state index in [1.54, 1.807) is 11.8 Å². The molecule has 0 aliphatic carbocycles. The Morgan fingerprint density at radius 2 is 2.10 bits per heavy atom. The molecule has 21 heavy (non-hydrogen) atoms. The fourth-order valence-corrected chi connectivity index (χ4v) is 2.66. The summed E-state index contributed by atoms with van der Waals surface area (Å²) >= 11 is 0. The first kappa shape index (κ1) is 13.4. The smallest absolute Gasteiger partial charge is 0.339 e. The van der Waals surface area contributed by atoms with E-state index in [-0.39, 0.29) is 18.0 Å². The van der Waals surface area contributed by atoms with Gasteiger partial charge in [-0.15, -0.1) is 0 Å². The van der Waals surface area contributed by atoms with Crippen molar-refractivity contribution in [2.45, 2.75) is 26.3 Å². The number of benzene rings is 1. The Bertz CT molecular complexity index is 717. The highest BCUT2D eigenvalue weighted by Gasteiger charge is 2.25. The van der Waals surface area contributed by atoms with Crippen LogP contribution in [0.3, 0.4) is 0 Å². The van der Waals surface area contributed by atoms with E-state index in [1.807, 2.05) is 24.3 Å². The lowest BCUT2D eigenvalue weighted by molar-refractivity contribution is -0.119. The van der Waals surface area contributed by atoms with Crippen LogP contribution >= 0.6 is 0 Å². The number of aryl methyl sites for hydroxylation is 2. The molecular formula is C16H15NO4. The number of anilines is 1. The fourth-order valence-electron chi connectivity index (χ4n) is 2.66. The molecule has 5 heteroatoms. The van der Waals surface area contributed by atoms with Crippen LogP contribution in [0.25, 0.3) is 0 Å². The van der Waals surface area contributed by atoms with Gasteiger partial charge in [0.25, 0.3) is 0 Å². The van der Waals surface area contributed by atoms with Crippen LogP contribution in [0.2, 0.25) is 0 Å². The van der Waals surface area contributed by atoms with Crippen LogP contribution in [0.15, 0.2) is 34.7 Å². The van der Waals surface area contributed by atoms with E-state index >= 15 is 0 Å². The van der Waals surface area contributed by atoms with Crippen LogP contribution in [0, 0.1) is 6.92 Å². The van der Waals surface area contributed by atoms with Gasteiger partial charge in [-0.05, 0) is 31.0 Å². The number of aromatic carboxylic acids is 1. The maximum absolute atomic E-state index is 12.2. The molecule has 1 aromatic heterocycles. The number of furan rings is 1. The third-order valence-corrected chi connectivity index (χ3v) is 3.70. The first-order chi connectivity index (χ1) is 10.1. The summed E-state index contributed by atoms with van der Waals surface area (Å²) < 4.78 is 5.47. The van der Waals surface area contributed by atoms with Gasteiger partial charge in [-0.25, -0.2) is 4.79 Å². The van der Waals surface area contributed by atoms with Gasteiger partial charge in [-0.1, -0.05) is 18.2 Å². The van der Waals surface area contributed by atoms with Gasteiger partial charge < -0.3 is 14.4 Å².